The summed E-state index contributed by atoms with van der Waals surface area (Å²) in [6.45, 7) is 11.8. The molecule has 0 spiro atoms. The fraction of sp³-hybridized carbons (Fsp3) is 1.00. The minimum atomic E-state index is -2.16. The average Bonchev–Trinajstić information content (AvgIpc) is 1.75. The van der Waals surface area contributed by atoms with Crippen molar-refractivity contribution < 1.29 is 9.13 Å². The molecule has 0 aromatic carbocycles. The van der Waals surface area contributed by atoms with E-state index in [0.29, 0.717) is 11.3 Å². The Balaban J connectivity index is 4.07. The van der Waals surface area contributed by atoms with Crippen molar-refractivity contribution >= 4 is 14.3 Å². The third-order valence-electron chi connectivity index (χ3n) is 2.20. The molecule has 0 aromatic rings. The third kappa shape index (κ3) is 10.7. The van der Waals surface area contributed by atoms with Crippen LogP contribution in [-0.4, -0.2) is 32.1 Å². The van der Waals surface area contributed by atoms with E-state index < -0.39 is 14.3 Å². The number of hydrogen-bond acceptors (Lipinski definition) is 2. The van der Waals surface area contributed by atoms with Gasteiger partial charge in [-0.3, -0.25) is 0 Å². The van der Waals surface area contributed by atoms with E-state index in [1.165, 1.54) is 0 Å². The molecule has 0 rings (SSSR count). The van der Waals surface area contributed by atoms with E-state index in [1.54, 1.807) is 20.0 Å². The maximum Gasteiger partial charge on any atom is 0.0918 e. The lowest BCUT2D eigenvalue weighted by Crippen LogP contribution is -2.06. The van der Waals surface area contributed by atoms with Crippen LogP contribution in [0.25, 0.3) is 0 Å². The van der Waals surface area contributed by atoms with Crippen LogP contribution < -0.4 is 0 Å². The van der Waals surface area contributed by atoms with Crippen molar-refractivity contribution in [1.82, 2.24) is 0 Å². The molecule has 0 aliphatic carbocycles. The van der Waals surface area contributed by atoms with Gasteiger partial charge in [-0.05, 0) is 38.3 Å². The molecule has 15 heavy (non-hydrogen) atoms. The quantitative estimate of drug-likeness (QED) is 0.680. The number of rotatable bonds is 5. The van der Waals surface area contributed by atoms with E-state index in [9.17, 15) is 9.13 Å². The van der Waals surface area contributed by atoms with Crippen LogP contribution in [0.5, 0.6) is 0 Å². The monoisotopic (exact) mass is 252 g/mol. The Morgan fingerprint density at radius 2 is 1.47 bits per heavy atom. The summed E-state index contributed by atoms with van der Waals surface area (Å²) >= 11 is 0. The normalized spacial score (nSPS) is 17.5. The summed E-state index contributed by atoms with van der Waals surface area (Å²) < 4.78 is 23.8. The average molecular weight is 252 g/mol. The van der Waals surface area contributed by atoms with Gasteiger partial charge in [-0.1, -0.05) is 20.8 Å². The summed E-state index contributed by atoms with van der Waals surface area (Å²) in [5, 5.41) is 0. The van der Waals surface area contributed by atoms with Gasteiger partial charge in [0.05, 0.1) is 20.2 Å². The van der Waals surface area contributed by atoms with Gasteiger partial charge in [-0.2, -0.15) is 0 Å². The highest BCUT2D eigenvalue weighted by Crippen LogP contribution is 2.56. The Hall–Kier alpha value is 0.460. The second kappa shape index (κ2) is 5.19. The second-order valence-electron chi connectivity index (χ2n) is 6.40. The Kier molecular flexibility index (Phi) is 5.35. The van der Waals surface area contributed by atoms with Crippen molar-refractivity contribution in [2.24, 2.45) is 5.41 Å². The molecule has 92 valence electrons. The van der Waals surface area contributed by atoms with E-state index in [2.05, 4.69) is 20.8 Å². The van der Waals surface area contributed by atoms with Crippen molar-refractivity contribution in [3.63, 3.8) is 0 Å². The lowest BCUT2D eigenvalue weighted by molar-refractivity contribution is 0.373. The maximum atomic E-state index is 12.1. The first-order valence-electron chi connectivity index (χ1n) is 5.51. The molecule has 0 aliphatic heterocycles. The van der Waals surface area contributed by atoms with Crippen LogP contribution in [0.2, 0.25) is 0 Å². The molecule has 0 saturated carbocycles. The first kappa shape index (κ1) is 15.5. The molecule has 0 N–H and O–H groups in total. The molecule has 4 heteroatoms. The molecule has 0 fully saturated rings. The molecular weight excluding hydrogens is 226 g/mol. The van der Waals surface area contributed by atoms with Crippen LogP contribution in [0.3, 0.4) is 0 Å². The fourth-order valence-corrected chi connectivity index (χ4v) is 8.89. The maximum absolute atomic E-state index is 12.1. The SMILES string of the molecule is CC(C)(C)CCCP(C)(=O)CP(C)(C)=O. The molecule has 1 atom stereocenters. The van der Waals surface area contributed by atoms with Gasteiger partial charge in [-0.25, -0.2) is 0 Å². The van der Waals surface area contributed by atoms with Gasteiger partial charge in [-0.15, -0.1) is 0 Å². The summed E-state index contributed by atoms with van der Waals surface area (Å²) in [5.74, 6) is 0.435. The summed E-state index contributed by atoms with van der Waals surface area (Å²) in [7, 11) is -4.29. The molecule has 0 radical (unpaired) electrons. The van der Waals surface area contributed by atoms with Crippen LogP contribution >= 0.6 is 14.3 Å². The molecule has 2 nitrogen and oxygen atoms in total. The van der Waals surface area contributed by atoms with Crippen LogP contribution in [0.15, 0.2) is 0 Å². The van der Waals surface area contributed by atoms with Crippen molar-refractivity contribution in [3.05, 3.63) is 0 Å². The summed E-state index contributed by atoms with van der Waals surface area (Å²) in [5.41, 5.74) is 0.308. The van der Waals surface area contributed by atoms with Gasteiger partial charge >= 0.3 is 0 Å². The highest BCUT2D eigenvalue weighted by Gasteiger charge is 2.23. The minimum Gasteiger partial charge on any atom is -0.324 e. The first-order valence-corrected chi connectivity index (χ1v) is 10.8. The van der Waals surface area contributed by atoms with Crippen molar-refractivity contribution in [3.8, 4) is 0 Å². The summed E-state index contributed by atoms with van der Waals surface area (Å²) in [6, 6.07) is 0. The van der Waals surface area contributed by atoms with Crippen LogP contribution in [0.4, 0.5) is 0 Å². The van der Waals surface area contributed by atoms with E-state index in [0.717, 1.165) is 19.0 Å². The van der Waals surface area contributed by atoms with Crippen molar-refractivity contribution in [2.75, 3.05) is 32.1 Å². The standard InChI is InChI=1S/C11H26O2P2/c1-11(2,3)8-7-9-15(6,13)10-14(4,5)12/h7-10H2,1-6H3. The Morgan fingerprint density at radius 1 is 1.00 bits per heavy atom. The highest BCUT2D eigenvalue weighted by atomic mass is 31.2. The zero-order valence-electron chi connectivity index (χ0n) is 11.0. The van der Waals surface area contributed by atoms with Gasteiger partial charge in [0.1, 0.15) is 0 Å². The second-order valence-corrected chi connectivity index (χ2v) is 13.7. The van der Waals surface area contributed by atoms with Crippen molar-refractivity contribution in [2.45, 2.75) is 33.6 Å². The zero-order chi connectivity index (χ0) is 12.3. The minimum absolute atomic E-state index is 0.308. The van der Waals surface area contributed by atoms with E-state index in [4.69, 9.17) is 0 Å². The van der Waals surface area contributed by atoms with Crippen LogP contribution in [0, 0.1) is 5.41 Å². The van der Waals surface area contributed by atoms with Gasteiger partial charge in [0.15, 0.2) is 0 Å². The molecule has 0 aromatic heterocycles. The molecule has 1 unspecified atom stereocenters. The zero-order valence-corrected chi connectivity index (χ0v) is 12.8. The van der Waals surface area contributed by atoms with E-state index in [1.807, 2.05) is 0 Å². The van der Waals surface area contributed by atoms with Crippen LogP contribution in [0.1, 0.15) is 33.6 Å². The fourth-order valence-electron chi connectivity index (χ4n) is 1.74. The molecule has 0 heterocycles. The predicted octanol–water partition coefficient (Wildman–Crippen LogP) is 4.39. The van der Waals surface area contributed by atoms with E-state index >= 15 is 0 Å². The summed E-state index contributed by atoms with van der Waals surface area (Å²) in [6.07, 6.45) is 2.82. The predicted molar refractivity (Wildman–Crippen MR) is 71.4 cm³/mol. The topological polar surface area (TPSA) is 34.1 Å². The van der Waals surface area contributed by atoms with Gasteiger partial charge in [0.2, 0.25) is 0 Å². The van der Waals surface area contributed by atoms with Gasteiger partial charge in [0.25, 0.3) is 0 Å². The van der Waals surface area contributed by atoms with Crippen molar-refractivity contribution in [1.29, 1.82) is 0 Å². The molecule has 0 saturated heterocycles. The Labute approximate surface area is 95.0 Å². The Bertz CT molecular complexity index is 283. The molecular formula is C11H26O2P2. The lowest BCUT2D eigenvalue weighted by Gasteiger charge is -2.20. The largest absolute Gasteiger partial charge is 0.324 e. The third-order valence-corrected chi connectivity index (χ3v) is 8.58. The lowest BCUT2D eigenvalue weighted by atomic mass is 9.91. The van der Waals surface area contributed by atoms with E-state index in [-0.39, 0.29) is 0 Å². The van der Waals surface area contributed by atoms with Crippen LogP contribution in [-0.2, 0) is 9.13 Å². The molecule has 0 aliphatic rings. The molecule has 0 amide bonds. The smallest absolute Gasteiger partial charge is 0.0918 e. The molecule has 0 bridgehead atoms. The summed E-state index contributed by atoms with van der Waals surface area (Å²) in [4.78, 5) is 0. The van der Waals surface area contributed by atoms with Gasteiger partial charge < -0.3 is 9.13 Å². The number of hydrogen-bond donors (Lipinski definition) is 0. The Morgan fingerprint density at radius 3 is 1.80 bits per heavy atom. The highest BCUT2D eigenvalue weighted by molar-refractivity contribution is 7.79. The first-order chi connectivity index (χ1) is 6.41. The van der Waals surface area contributed by atoms with Gasteiger partial charge in [0, 0.05) is 6.16 Å².